The van der Waals surface area contributed by atoms with Crippen molar-refractivity contribution in [2.75, 3.05) is 24.4 Å². The second-order valence-electron chi connectivity index (χ2n) is 8.64. The molecule has 38 heavy (non-hydrogen) atoms. The van der Waals surface area contributed by atoms with Crippen LogP contribution in [0, 0.1) is 17.6 Å². The van der Waals surface area contributed by atoms with Crippen LogP contribution in [0.1, 0.15) is 32.3 Å². The van der Waals surface area contributed by atoms with E-state index in [4.69, 9.17) is 16.3 Å². The molecule has 0 saturated carbocycles. The van der Waals surface area contributed by atoms with Crippen LogP contribution in [0.5, 0.6) is 5.75 Å². The number of anilines is 1. The summed E-state index contributed by atoms with van der Waals surface area (Å²) in [6.07, 6.45) is 3.93. The van der Waals surface area contributed by atoms with Crippen LogP contribution in [-0.4, -0.2) is 44.0 Å². The molecule has 1 heterocycles. The van der Waals surface area contributed by atoms with E-state index in [0.29, 0.717) is 0 Å². The highest BCUT2D eigenvalue weighted by Gasteiger charge is 2.33. The Morgan fingerprint density at radius 3 is 2.53 bits per heavy atom. The zero-order valence-electron chi connectivity index (χ0n) is 20.9. The molecular formula is C26H29Cl2F2N3O3S2. The van der Waals surface area contributed by atoms with Gasteiger partial charge >= 0.3 is 0 Å². The second-order valence-corrected chi connectivity index (χ2v) is 11.4. The van der Waals surface area contributed by atoms with Crippen LogP contribution >= 0.6 is 35.3 Å². The van der Waals surface area contributed by atoms with Gasteiger partial charge < -0.3 is 9.64 Å². The molecule has 4 rings (SSSR count). The topological polar surface area (TPSA) is 71.5 Å². The number of nitrogens with one attached hydrogen (secondary N) is 1. The molecule has 0 aliphatic heterocycles. The summed E-state index contributed by atoms with van der Waals surface area (Å²) in [7, 11) is -4.23. The van der Waals surface area contributed by atoms with Gasteiger partial charge in [-0.05, 0) is 55.3 Å². The molecule has 12 heteroatoms. The number of nitrogens with zero attached hydrogens (tertiary/aromatic N) is 2. The summed E-state index contributed by atoms with van der Waals surface area (Å²) in [5.74, 6) is -1.24. The fourth-order valence-corrected chi connectivity index (χ4v) is 6.66. The molecule has 0 spiro atoms. The first-order valence-electron chi connectivity index (χ1n) is 12.0. The van der Waals surface area contributed by atoms with Gasteiger partial charge in [-0.15, -0.1) is 23.7 Å². The third-order valence-corrected chi connectivity index (χ3v) is 8.77. The highest BCUT2D eigenvalue weighted by Crippen LogP contribution is 2.38. The summed E-state index contributed by atoms with van der Waals surface area (Å²) in [6, 6.07) is 8.56. The minimum atomic E-state index is -4.23. The van der Waals surface area contributed by atoms with E-state index < -0.39 is 20.7 Å². The van der Waals surface area contributed by atoms with Gasteiger partial charge in [0.1, 0.15) is 22.3 Å². The van der Waals surface area contributed by atoms with E-state index in [1.807, 2.05) is 0 Å². The monoisotopic (exact) mass is 603 g/mol. The SMILES string of the molecule is CCN(CC)[C@@H]1CCC=C(c2ccc(F)cc2)[C@H]1COc1cc(F)c(S(=O)(=O)Nc2cscn2)cc1Cl.Cl. The Labute approximate surface area is 237 Å². The third kappa shape index (κ3) is 6.84. The Balaban J connectivity index is 0.00000400. The van der Waals surface area contributed by atoms with Gasteiger partial charge in [-0.1, -0.05) is 43.7 Å². The van der Waals surface area contributed by atoms with Gasteiger partial charge in [-0.25, -0.2) is 22.2 Å². The first-order chi connectivity index (χ1) is 17.7. The summed E-state index contributed by atoms with van der Waals surface area (Å²) in [5.41, 5.74) is 3.40. The predicted molar refractivity (Wildman–Crippen MR) is 151 cm³/mol. The van der Waals surface area contributed by atoms with E-state index in [1.54, 1.807) is 12.1 Å². The summed E-state index contributed by atoms with van der Waals surface area (Å²) >= 11 is 7.57. The minimum Gasteiger partial charge on any atom is -0.491 e. The smallest absolute Gasteiger partial charge is 0.266 e. The average molecular weight is 605 g/mol. The lowest BCUT2D eigenvalue weighted by Gasteiger charge is -2.39. The van der Waals surface area contributed by atoms with E-state index in [0.717, 1.165) is 49.2 Å². The van der Waals surface area contributed by atoms with Crippen molar-refractivity contribution in [2.45, 2.75) is 37.6 Å². The summed E-state index contributed by atoms with van der Waals surface area (Å²) in [4.78, 5) is 5.63. The van der Waals surface area contributed by atoms with Gasteiger partial charge in [0.05, 0.1) is 17.1 Å². The van der Waals surface area contributed by atoms with Crippen molar-refractivity contribution in [3.63, 3.8) is 0 Å². The summed E-state index contributed by atoms with van der Waals surface area (Å²) in [6.45, 7) is 6.09. The fourth-order valence-electron chi connectivity index (χ4n) is 4.74. The molecule has 1 aliphatic carbocycles. The molecule has 1 N–H and O–H groups in total. The Kier molecular flexibility index (Phi) is 10.5. The van der Waals surface area contributed by atoms with Crippen molar-refractivity contribution in [1.82, 2.24) is 9.88 Å². The lowest BCUT2D eigenvalue weighted by molar-refractivity contribution is 0.131. The average Bonchev–Trinajstić information content (AvgIpc) is 3.38. The van der Waals surface area contributed by atoms with Gasteiger partial charge in [0.15, 0.2) is 5.82 Å². The van der Waals surface area contributed by atoms with Gasteiger partial charge in [-0.3, -0.25) is 4.72 Å². The van der Waals surface area contributed by atoms with Gasteiger partial charge in [-0.2, -0.15) is 0 Å². The van der Waals surface area contributed by atoms with Crippen molar-refractivity contribution in [3.05, 3.63) is 75.6 Å². The fraction of sp³-hybridized carbons (Fsp3) is 0.346. The maximum Gasteiger partial charge on any atom is 0.266 e. The molecule has 0 radical (unpaired) electrons. The molecule has 0 bridgehead atoms. The van der Waals surface area contributed by atoms with Crippen molar-refractivity contribution in [2.24, 2.45) is 5.92 Å². The molecule has 0 saturated heterocycles. The van der Waals surface area contributed by atoms with Crippen LogP contribution in [-0.2, 0) is 10.0 Å². The zero-order valence-corrected chi connectivity index (χ0v) is 24.1. The molecule has 2 atom stereocenters. The first-order valence-corrected chi connectivity index (χ1v) is 14.8. The standard InChI is InChI=1S/C26H28ClF2N3O3S2.ClH/c1-3-32(4-2)23-7-5-6-19(17-8-10-18(28)11-9-17)20(23)14-35-24-13-22(29)25(12-21(24)27)37(33,34)31-26-15-36-16-30-26;/h6,8-13,15-16,20,23,31H,3-5,7,14H2,1-2H3;1H/t20-,23-;/m1./s1. The Morgan fingerprint density at radius 2 is 1.89 bits per heavy atom. The Bertz CT molecular complexity index is 1350. The number of sulfonamides is 1. The van der Waals surface area contributed by atoms with Crippen LogP contribution in [0.25, 0.3) is 5.57 Å². The number of hydrogen-bond acceptors (Lipinski definition) is 6. The predicted octanol–water partition coefficient (Wildman–Crippen LogP) is 6.88. The van der Waals surface area contributed by atoms with Crippen molar-refractivity contribution >= 4 is 56.8 Å². The number of benzene rings is 2. The van der Waals surface area contributed by atoms with Gasteiger partial charge in [0.2, 0.25) is 0 Å². The molecule has 0 unspecified atom stereocenters. The van der Waals surface area contributed by atoms with Crippen LogP contribution in [0.4, 0.5) is 14.6 Å². The highest BCUT2D eigenvalue weighted by atomic mass is 35.5. The van der Waals surface area contributed by atoms with Crippen molar-refractivity contribution in [1.29, 1.82) is 0 Å². The van der Waals surface area contributed by atoms with E-state index in [9.17, 15) is 17.2 Å². The minimum absolute atomic E-state index is 0. The van der Waals surface area contributed by atoms with Gasteiger partial charge in [0, 0.05) is 23.4 Å². The van der Waals surface area contributed by atoms with E-state index in [1.165, 1.54) is 34.4 Å². The van der Waals surface area contributed by atoms with Crippen molar-refractivity contribution < 1.29 is 21.9 Å². The number of aromatic nitrogens is 1. The maximum absolute atomic E-state index is 15.0. The first kappa shape index (κ1) is 30.3. The summed E-state index contributed by atoms with van der Waals surface area (Å²) < 4.78 is 62.2. The number of halogens is 4. The number of rotatable bonds is 10. The third-order valence-electron chi connectivity index (χ3n) is 6.52. The Morgan fingerprint density at radius 1 is 1.18 bits per heavy atom. The highest BCUT2D eigenvalue weighted by molar-refractivity contribution is 7.92. The molecule has 1 aromatic heterocycles. The van der Waals surface area contributed by atoms with Crippen molar-refractivity contribution in [3.8, 4) is 5.75 Å². The molecule has 206 valence electrons. The number of allylic oxidation sites excluding steroid dienone is 1. The Hall–Kier alpha value is -2.24. The normalized spacial score (nSPS) is 17.6. The van der Waals surface area contributed by atoms with Crippen LogP contribution < -0.4 is 9.46 Å². The van der Waals surface area contributed by atoms with Crippen LogP contribution in [0.15, 0.2) is 58.3 Å². The molecule has 6 nitrogen and oxygen atoms in total. The van der Waals surface area contributed by atoms with E-state index in [-0.39, 0.29) is 53.4 Å². The number of ether oxygens (including phenoxy) is 1. The number of thiazole rings is 1. The molecule has 3 aromatic rings. The van der Waals surface area contributed by atoms with Gasteiger partial charge in [0.25, 0.3) is 10.0 Å². The number of hydrogen-bond donors (Lipinski definition) is 1. The maximum atomic E-state index is 15.0. The molecule has 1 aliphatic rings. The summed E-state index contributed by atoms with van der Waals surface area (Å²) in [5, 5.41) is 1.47. The largest absolute Gasteiger partial charge is 0.491 e. The second kappa shape index (κ2) is 13.2. The van der Waals surface area contributed by atoms with E-state index >= 15 is 0 Å². The lowest BCUT2D eigenvalue weighted by Crippen LogP contribution is -2.44. The molecular weight excluding hydrogens is 575 g/mol. The molecule has 2 aromatic carbocycles. The molecule has 0 fully saturated rings. The van der Waals surface area contributed by atoms with E-state index in [2.05, 4.69) is 34.5 Å². The van der Waals surface area contributed by atoms with Crippen LogP contribution in [0.3, 0.4) is 0 Å². The quantitative estimate of drug-likeness (QED) is 0.273. The van der Waals surface area contributed by atoms with Crippen LogP contribution in [0.2, 0.25) is 5.02 Å². The molecule has 0 amide bonds. The zero-order chi connectivity index (χ0) is 26.6. The lowest BCUT2D eigenvalue weighted by atomic mass is 9.79.